The van der Waals surface area contributed by atoms with Crippen LogP contribution in [0.4, 0.5) is 5.82 Å². The number of hydrogen-bond donors (Lipinski definition) is 0. The van der Waals surface area contributed by atoms with E-state index in [1.54, 1.807) is 6.26 Å². The molecular weight excluding hydrogens is 326 g/mol. The van der Waals surface area contributed by atoms with Gasteiger partial charge in [0.1, 0.15) is 11.6 Å². The minimum absolute atomic E-state index is 0.369. The molecule has 3 heterocycles. The zero-order valence-electron chi connectivity index (χ0n) is 16.0. The van der Waals surface area contributed by atoms with Crippen molar-refractivity contribution in [2.75, 3.05) is 37.7 Å². The van der Waals surface area contributed by atoms with E-state index in [-0.39, 0.29) is 0 Å². The molecule has 3 rings (SSSR count). The first-order valence-corrected chi connectivity index (χ1v) is 9.72. The Morgan fingerprint density at radius 1 is 1.15 bits per heavy atom. The standard InChI is InChI=1S/C21H31N3O2/c1-18(2)16-25-17-19(23-11-5-6-12-23)14-24(15-20-8-7-13-26-20)21-9-3-4-10-22-21/h3-4,7-10,13,18-19H,5-6,11-12,14-17H2,1-2H3. The Hall–Kier alpha value is -1.85. The molecule has 0 aromatic carbocycles. The highest BCUT2D eigenvalue weighted by Crippen LogP contribution is 2.19. The molecule has 2 aromatic rings. The average Bonchev–Trinajstić information content (AvgIpc) is 3.34. The van der Waals surface area contributed by atoms with Gasteiger partial charge in [-0.25, -0.2) is 4.98 Å². The molecule has 2 aromatic heterocycles. The number of pyridine rings is 1. The van der Waals surface area contributed by atoms with Gasteiger partial charge in [-0.05, 0) is 56.1 Å². The maximum Gasteiger partial charge on any atom is 0.128 e. The summed E-state index contributed by atoms with van der Waals surface area (Å²) in [5.41, 5.74) is 0. The van der Waals surface area contributed by atoms with Crippen molar-refractivity contribution in [3.63, 3.8) is 0 Å². The van der Waals surface area contributed by atoms with Crippen LogP contribution in [0.25, 0.3) is 0 Å². The minimum atomic E-state index is 0.369. The highest BCUT2D eigenvalue weighted by Gasteiger charge is 2.25. The molecule has 142 valence electrons. The summed E-state index contributed by atoms with van der Waals surface area (Å²) >= 11 is 0. The molecule has 0 aliphatic carbocycles. The van der Waals surface area contributed by atoms with Crippen LogP contribution < -0.4 is 4.90 Å². The molecule has 5 heteroatoms. The van der Waals surface area contributed by atoms with Gasteiger partial charge in [-0.15, -0.1) is 0 Å². The largest absolute Gasteiger partial charge is 0.467 e. The fraction of sp³-hybridized carbons (Fsp3) is 0.571. The Morgan fingerprint density at radius 2 is 2.00 bits per heavy atom. The predicted molar refractivity (Wildman–Crippen MR) is 104 cm³/mol. The van der Waals surface area contributed by atoms with Crippen molar-refractivity contribution in [3.05, 3.63) is 48.6 Å². The number of nitrogens with zero attached hydrogens (tertiary/aromatic N) is 3. The first-order chi connectivity index (χ1) is 12.7. The number of ether oxygens (including phenoxy) is 1. The first-order valence-electron chi connectivity index (χ1n) is 9.72. The van der Waals surface area contributed by atoms with E-state index in [4.69, 9.17) is 9.15 Å². The SMILES string of the molecule is CC(C)COCC(CN(Cc1ccco1)c1ccccn1)N1CCCC1. The second-order valence-corrected chi connectivity index (χ2v) is 7.48. The molecule has 26 heavy (non-hydrogen) atoms. The van der Waals surface area contributed by atoms with Crippen molar-refractivity contribution >= 4 is 5.82 Å². The second kappa shape index (κ2) is 9.74. The molecule has 0 bridgehead atoms. The van der Waals surface area contributed by atoms with Crippen molar-refractivity contribution < 1.29 is 9.15 Å². The summed E-state index contributed by atoms with van der Waals surface area (Å²) in [6.07, 6.45) is 6.14. The van der Waals surface area contributed by atoms with Crippen LogP contribution >= 0.6 is 0 Å². The third kappa shape index (κ3) is 5.58. The molecular formula is C21H31N3O2. The lowest BCUT2D eigenvalue weighted by Crippen LogP contribution is -2.45. The Labute approximate surface area is 157 Å². The van der Waals surface area contributed by atoms with E-state index in [1.165, 1.54) is 12.8 Å². The normalized spacial score (nSPS) is 16.3. The van der Waals surface area contributed by atoms with Crippen molar-refractivity contribution in [2.45, 2.75) is 39.3 Å². The van der Waals surface area contributed by atoms with Crippen molar-refractivity contribution in [2.24, 2.45) is 5.92 Å². The van der Waals surface area contributed by atoms with Crippen LogP contribution in [0.5, 0.6) is 0 Å². The number of likely N-dealkylation sites (tertiary alicyclic amines) is 1. The summed E-state index contributed by atoms with van der Waals surface area (Å²) in [6.45, 7) is 9.89. The van der Waals surface area contributed by atoms with Crippen LogP contribution in [0.3, 0.4) is 0 Å². The number of hydrogen-bond acceptors (Lipinski definition) is 5. The number of furan rings is 1. The molecule has 0 radical (unpaired) electrons. The van der Waals surface area contributed by atoms with E-state index in [9.17, 15) is 0 Å². The topological polar surface area (TPSA) is 41.7 Å². The van der Waals surface area contributed by atoms with Gasteiger partial charge in [0.2, 0.25) is 0 Å². The van der Waals surface area contributed by atoms with Gasteiger partial charge in [0.15, 0.2) is 0 Å². The average molecular weight is 357 g/mol. The van der Waals surface area contributed by atoms with Crippen LogP contribution in [0, 0.1) is 5.92 Å². The van der Waals surface area contributed by atoms with Crippen LogP contribution in [0.2, 0.25) is 0 Å². The molecule has 1 unspecified atom stereocenters. The Bertz CT molecular complexity index is 609. The van der Waals surface area contributed by atoms with Gasteiger partial charge < -0.3 is 14.1 Å². The van der Waals surface area contributed by atoms with Gasteiger partial charge in [-0.1, -0.05) is 19.9 Å². The summed E-state index contributed by atoms with van der Waals surface area (Å²) in [6, 6.07) is 10.4. The Balaban J connectivity index is 1.71. The molecule has 0 amide bonds. The van der Waals surface area contributed by atoms with E-state index in [2.05, 4.69) is 34.7 Å². The number of aromatic nitrogens is 1. The van der Waals surface area contributed by atoms with Gasteiger partial charge in [-0.2, -0.15) is 0 Å². The summed E-state index contributed by atoms with van der Waals surface area (Å²) in [5.74, 6) is 2.50. The molecule has 1 atom stereocenters. The van der Waals surface area contributed by atoms with Crippen molar-refractivity contribution in [1.82, 2.24) is 9.88 Å². The predicted octanol–water partition coefficient (Wildman–Crippen LogP) is 3.82. The Kier molecular flexibility index (Phi) is 7.09. The van der Waals surface area contributed by atoms with E-state index >= 15 is 0 Å². The first kappa shape index (κ1) is 18.9. The molecule has 1 saturated heterocycles. The van der Waals surface area contributed by atoms with Crippen molar-refractivity contribution in [1.29, 1.82) is 0 Å². The molecule has 0 spiro atoms. The molecule has 5 nitrogen and oxygen atoms in total. The number of rotatable bonds is 10. The summed E-state index contributed by atoms with van der Waals surface area (Å²) in [4.78, 5) is 9.45. The second-order valence-electron chi connectivity index (χ2n) is 7.48. The zero-order valence-corrected chi connectivity index (χ0v) is 16.0. The van der Waals surface area contributed by atoms with E-state index in [0.717, 1.165) is 51.0 Å². The maximum atomic E-state index is 6.03. The fourth-order valence-electron chi connectivity index (χ4n) is 3.45. The van der Waals surface area contributed by atoms with E-state index < -0.39 is 0 Å². The molecule has 0 N–H and O–H groups in total. The summed E-state index contributed by atoms with van der Waals surface area (Å²) in [7, 11) is 0. The zero-order chi connectivity index (χ0) is 18.2. The van der Waals surface area contributed by atoms with Crippen molar-refractivity contribution in [3.8, 4) is 0 Å². The van der Waals surface area contributed by atoms with Gasteiger partial charge in [0.25, 0.3) is 0 Å². The Morgan fingerprint density at radius 3 is 2.65 bits per heavy atom. The highest BCUT2D eigenvalue weighted by atomic mass is 16.5. The van der Waals surface area contributed by atoms with Crippen LogP contribution in [-0.2, 0) is 11.3 Å². The molecule has 1 aliphatic rings. The maximum absolute atomic E-state index is 6.03. The van der Waals surface area contributed by atoms with Crippen LogP contribution in [0.1, 0.15) is 32.4 Å². The minimum Gasteiger partial charge on any atom is -0.467 e. The highest BCUT2D eigenvalue weighted by molar-refractivity contribution is 5.38. The molecule has 1 fully saturated rings. The third-order valence-electron chi connectivity index (χ3n) is 4.75. The van der Waals surface area contributed by atoms with Gasteiger partial charge >= 0.3 is 0 Å². The fourth-order valence-corrected chi connectivity index (χ4v) is 3.45. The third-order valence-corrected chi connectivity index (χ3v) is 4.75. The molecule has 0 saturated carbocycles. The van der Waals surface area contributed by atoms with Gasteiger partial charge in [0.05, 0.1) is 25.5 Å². The summed E-state index contributed by atoms with van der Waals surface area (Å²) < 4.78 is 11.6. The summed E-state index contributed by atoms with van der Waals surface area (Å²) in [5, 5.41) is 0. The quantitative estimate of drug-likeness (QED) is 0.647. The van der Waals surface area contributed by atoms with Gasteiger partial charge in [-0.3, -0.25) is 4.90 Å². The lowest BCUT2D eigenvalue weighted by Gasteiger charge is -2.33. The lowest BCUT2D eigenvalue weighted by atomic mass is 10.2. The van der Waals surface area contributed by atoms with E-state index in [1.807, 2.05) is 30.5 Å². The monoisotopic (exact) mass is 357 g/mol. The smallest absolute Gasteiger partial charge is 0.128 e. The van der Waals surface area contributed by atoms with Crippen LogP contribution in [0.15, 0.2) is 47.2 Å². The molecule has 1 aliphatic heterocycles. The van der Waals surface area contributed by atoms with Crippen LogP contribution in [-0.4, -0.2) is 48.8 Å². The van der Waals surface area contributed by atoms with E-state index in [0.29, 0.717) is 12.0 Å². The van der Waals surface area contributed by atoms with Gasteiger partial charge in [0, 0.05) is 19.3 Å². The number of anilines is 1. The lowest BCUT2D eigenvalue weighted by molar-refractivity contribution is 0.0566.